The Morgan fingerprint density at radius 1 is 1.54 bits per heavy atom. The molecule has 13 heavy (non-hydrogen) atoms. The molecule has 0 heterocycles. The molecule has 0 saturated carbocycles. The largest absolute Gasteiger partial charge is 0.497 e. The zero-order chi connectivity index (χ0) is 9.84. The minimum Gasteiger partial charge on any atom is -0.497 e. The van der Waals surface area contributed by atoms with Crippen LogP contribution in [-0.4, -0.2) is 18.8 Å². The van der Waals surface area contributed by atoms with Gasteiger partial charge >= 0.3 is 0 Å². The first-order valence-corrected chi connectivity index (χ1v) is 3.81. The Balaban J connectivity index is 3.08. The molecule has 0 unspecified atom stereocenters. The first-order valence-electron chi connectivity index (χ1n) is 3.81. The van der Waals surface area contributed by atoms with Gasteiger partial charge in [-0.2, -0.15) is 0 Å². The topological polar surface area (TPSA) is 29.5 Å². The molecule has 1 N–H and O–H groups in total. The molecule has 0 radical (unpaired) electrons. The van der Waals surface area contributed by atoms with Crippen LogP contribution in [0.1, 0.15) is 5.56 Å². The summed E-state index contributed by atoms with van der Waals surface area (Å²) in [6.45, 7) is 3.40. The highest BCUT2D eigenvalue weighted by Gasteiger charge is 2.03. The molecule has 0 bridgehead atoms. The molecule has 1 rings (SSSR count). The predicted molar refractivity (Wildman–Crippen MR) is 49.1 cm³/mol. The van der Waals surface area contributed by atoms with E-state index >= 15 is 0 Å². The summed E-state index contributed by atoms with van der Waals surface area (Å²) in [7, 11) is 1.46. The van der Waals surface area contributed by atoms with Gasteiger partial charge in [0.15, 0.2) is 0 Å². The van der Waals surface area contributed by atoms with Crippen molar-refractivity contribution in [3.05, 3.63) is 36.2 Å². The van der Waals surface area contributed by atoms with E-state index in [4.69, 9.17) is 9.84 Å². The van der Waals surface area contributed by atoms with Crippen LogP contribution in [0.2, 0.25) is 0 Å². The van der Waals surface area contributed by atoms with E-state index in [0.29, 0.717) is 16.9 Å². The minimum atomic E-state index is -0.399. The third kappa shape index (κ3) is 2.29. The summed E-state index contributed by atoms with van der Waals surface area (Å²) in [5.74, 6) is 0.0218. The van der Waals surface area contributed by atoms with Gasteiger partial charge in [-0.05, 0) is 23.3 Å². The van der Waals surface area contributed by atoms with E-state index in [9.17, 15) is 4.39 Å². The summed E-state index contributed by atoms with van der Waals surface area (Å²) in [5, 5.41) is 8.78. The maximum atomic E-state index is 12.9. The van der Waals surface area contributed by atoms with Crippen LogP contribution < -0.4 is 4.74 Å². The highest BCUT2D eigenvalue weighted by atomic mass is 19.1. The zero-order valence-corrected chi connectivity index (χ0v) is 7.38. The molecular weight excluding hydrogens is 171 g/mol. The monoisotopic (exact) mass is 182 g/mol. The number of rotatable bonds is 3. The molecular formula is C10H11FO2. The molecule has 0 aliphatic rings. The molecule has 1 aromatic carbocycles. The Bertz CT molecular complexity index is 321. The Hall–Kier alpha value is -1.35. The summed E-state index contributed by atoms with van der Waals surface area (Å²) in [5.41, 5.74) is 1.03. The normalized spacial score (nSPS) is 9.77. The standard InChI is InChI=1S/C10H11FO2/c1-7(6-12)8-3-9(11)5-10(4-8)13-2/h3-5,12H,1,6H2,2H3. The van der Waals surface area contributed by atoms with Crippen molar-refractivity contribution in [2.45, 2.75) is 0 Å². The summed E-state index contributed by atoms with van der Waals surface area (Å²) < 4.78 is 17.8. The molecule has 0 amide bonds. The van der Waals surface area contributed by atoms with Crippen LogP contribution in [0.4, 0.5) is 4.39 Å². The fourth-order valence-corrected chi connectivity index (χ4v) is 0.976. The molecule has 0 aliphatic carbocycles. The van der Waals surface area contributed by atoms with Gasteiger partial charge in [-0.1, -0.05) is 6.58 Å². The van der Waals surface area contributed by atoms with Gasteiger partial charge < -0.3 is 9.84 Å². The molecule has 70 valence electrons. The fourth-order valence-electron chi connectivity index (χ4n) is 0.976. The van der Waals surface area contributed by atoms with Crippen molar-refractivity contribution < 1.29 is 14.2 Å². The van der Waals surface area contributed by atoms with Gasteiger partial charge in [0, 0.05) is 6.07 Å². The van der Waals surface area contributed by atoms with Crippen molar-refractivity contribution in [1.29, 1.82) is 0 Å². The van der Waals surface area contributed by atoms with Crippen LogP contribution in [-0.2, 0) is 0 Å². The van der Waals surface area contributed by atoms with Crippen molar-refractivity contribution in [2.24, 2.45) is 0 Å². The maximum Gasteiger partial charge on any atom is 0.127 e. The summed E-state index contributed by atoms with van der Waals surface area (Å²) >= 11 is 0. The van der Waals surface area contributed by atoms with Crippen molar-refractivity contribution in [3.8, 4) is 5.75 Å². The van der Waals surface area contributed by atoms with Gasteiger partial charge in [-0.3, -0.25) is 0 Å². The smallest absolute Gasteiger partial charge is 0.127 e. The Morgan fingerprint density at radius 2 is 2.23 bits per heavy atom. The number of aliphatic hydroxyl groups excluding tert-OH is 1. The van der Waals surface area contributed by atoms with Gasteiger partial charge in [0.05, 0.1) is 13.7 Å². The van der Waals surface area contributed by atoms with Gasteiger partial charge in [-0.25, -0.2) is 4.39 Å². The number of ether oxygens (including phenoxy) is 1. The molecule has 0 atom stereocenters. The molecule has 0 aromatic heterocycles. The number of aliphatic hydroxyl groups is 1. The van der Waals surface area contributed by atoms with E-state index in [0.717, 1.165) is 0 Å². The van der Waals surface area contributed by atoms with Crippen LogP contribution >= 0.6 is 0 Å². The quantitative estimate of drug-likeness (QED) is 0.772. The average Bonchev–Trinajstić information content (AvgIpc) is 2.15. The summed E-state index contributed by atoms with van der Waals surface area (Å²) in [4.78, 5) is 0. The summed E-state index contributed by atoms with van der Waals surface area (Å²) in [6, 6.07) is 4.21. The van der Waals surface area contributed by atoms with Crippen LogP contribution in [0.25, 0.3) is 5.57 Å². The lowest BCUT2D eigenvalue weighted by Gasteiger charge is -2.05. The van der Waals surface area contributed by atoms with Crippen molar-refractivity contribution >= 4 is 5.57 Å². The number of halogens is 1. The lowest BCUT2D eigenvalue weighted by molar-refractivity contribution is 0.350. The SMILES string of the molecule is C=C(CO)c1cc(F)cc(OC)c1. The van der Waals surface area contributed by atoms with E-state index in [1.165, 1.54) is 19.2 Å². The van der Waals surface area contributed by atoms with Crippen molar-refractivity contribution in [1.82, 2.24) is 0 Å². The third-order valence-corrected chi connectivity index (χ3v) is 1.71. The molecule has 3 heteroatoms. The molecule has 0 saturated heterocycles. The number of hydrogen-bond acceptors (Lipinski definition) is 2. The van der Waals surface area contributed by atoms with Gasteiger partial charge in [0.25, 0.3) is 0 Å². The lowest BCUT2D eigenvalue weighted by atomic mass is 10.1. The number of hydrogen-bond donors (Lipinski definition) is 1. The van der Waals surface area contributed by atoms with Gasteiger partial charge in [0.1, 0.15) is 11.6 Å². The first-order chi connectivity index (χ1) is 6.17. The maximum absolute atomic E-state index is 12.9. The van der Waals surface area contributed by atoms with Crippen molar-refractivity contribution in [2.75, 3.05) is 13.7 Å². The third-order valence-electron chi connectivity index (χ3n) is 1.71. The van der Waals surface area contributed by atoms with E-state index < -0.39 is 5.82 Å². The second-order valence-corrected chi connectivity index (χ2v) is 2.64. The average molecular weight is 182 g/mol. The Kier molecular flexibility index (Phi) is 3.03. The minimum absolute atomic E-state index is 0.188. The molecule has 0 fully saturated rings. The van der Waals surface area contributed by atoms with Gasteiger partial charge in [-0.15, -0.1) is 0 Å². The number of methoxy groups -OCH3 is 1. The van der Waals surface area contributed by atoms with Gasteiger partial charge in [0.2, 0.25) is 0 Å². The van der Waals surface area contributed by atoms with E-state index in [1.807, 2.05) is 0 Å². The Morgan fingerprint density at radius 3 is 2.77 bits per heavy atom. The van der Waals surface area contributed by atoms with E-state index in [1.54, 1.807) is 6.07 Å². The van der Waals surface area contributed by atoms with E-state index in [2.05, 4.69) is 6.58 Å². The second kappa shape index (κ2) is 4.05. The molecule has 1 aromatic rings. The molecule has 0 aliphatic heterocycles. The zero-order valence-electron chi connectivity index (χ0n) is 7.38. The van der Waals surface area contributed by atoms with E-state index in [-0.39, 0.29) is 6.61 Å². The Labute approximate surface area is 76.3 Å². The highest BCUT2D eigenvalue weighted by molar-refractivity contribution is 5.65. The fraction of sp³-hybridized carbons (Fsp3) is 0.200. The van der Waals surface area contributed by atoms with Crippen LogP contribution in [0.15, 0.2) is 24.8 Å². The summed E-state index contributed by atoms with van der Waals surface area (Å²) in [6.07, 6.45) is 0. The van der Waals surface area contributed by atoms with Crippen LogP contribution in [0.3, 0.4) is 0 Å². The number of benzene rings is 1. The molecule has 2 nitrogen and oxygen atoms in total. The van der Waals surface area contributed by atoms with Crippen molar-refractivity contribution in [3.63, 3.8) is 0 Å². The van der Waals surface area contributed by atoms with Crippen LogP contribution in [0.5, 0.6) is 5.75 Å². The second-order valence-electron chi connectivity index (χ2n) is 2.64. The highest BCUT2D eigenvalue weighted by Crippen LogP contribution is 2.20. The lowest BCUT2D eigenvalue weighted by Crippen LogP contribution is -1.92. The predicted octanol–water partition coefficient (Wildman–Crippen LogP) is 1.84. The first kappa shape index (κ1) is 9.74. The molecule has 0 spiro atoms. The van der Waals surface area contributed by atoms with Crippen LogP contribution in [0, 0.1) is 5.82 Å².